The first kappa shape index (κ1) is 14.1. The molecule has 1 aromatic carbocycles. The average Bonchev–Trinajstić information content (AvgIpc) is 2.41. The predicted octanol–water partition coefficient (Wildman–Crippen LogP) is 2.75. The minimum absolute atomic E-state index is 0.765. The second-order valence-corrected chi connectivity index (χ2v) is 6.79. The third-order valence-electron chi connectivity index (χ3n) is 2.91. The number of benzene rings is 1. The Labute approximate surface area is 104 Å². The molecule has 0 aromatic heterocycles. The molecule has 0 saturated heterocycles. The van der Waals surface area contributed by atoms with Crippen molar-refractivity contribution in [3.63, 3.8) is 0 Å². The summed E-state index contributed by atoms with van der Waals surface area (Å²) in [7, 11) is 2.44. The highest BCUT2D eigenvalue weighted by atomic mass is 28.4. The summed E-state index contributed by atoms with van der Waals surface area (Å²) in [6.07, 6.45) is 2.73. The second kappa shape index (κ2) is 6.71. The first-order valence-electron chi connectivity index (χ1n) is 5.57. The molecule has 0 heterocycles. The standard InChI is InChI=1S/C13H20O3Si/c1-5-12-8-6-7-9-13(12)10-11-17(14-2,15-3)16-4/h5-9H,1,10-11H2,2-4H3. The van der Waals surface area contributed by atoms with Crippen LogP contribution in [0.1, 0.15) is 11.1 Å². The van der Waals surface area contributed by atoms with Crippen LogP contribution in [0.25, 0.3) is 6.08 Å². The minimum atomic E-state index is -2.47. The van der Waals surface area contributed by atoms with Crippen LogP contribution in [0.15, 0.2) is 30.8 Å². The van der Waals surface area contributed by atoms with E-state index in [1.165, 1.54) is 5.56 Å². The number of rotatable bonds is 7. The van der Waals surface area contributed by atoms with Crippen molar-refractivity contribution in [1.82, 2.24) is 0 Å². The fraction of sp³-hybridized carbons (Fsp3) is 0.385. The van der Waals surface area contributed by atoms with Crippen molar-refractivity contribution >= 4 is 14.9 Å². The van der Waals surface area contributed by atoms with Gasteiger partial charge in [-0.1, -0.05) is 36.9 Å². The summed E-state index contributed by atoms with van der Waals surface area (Å²) >= 11 is 0. The monoisotopic (exact) mass is 252 g/mol. The van der Waals surface area contributed by atoms with E-state index in [2.05, 4.69) is 18.7 Å². The summed E-state index contributed by atoms with van der Waals surface area (Å²) in [6.45, 7) is 3.81. The molecule has 3 nitrogen and oxygen atoms in total. The van der Waals surface area contributed by atoms with E-state index in [1.807, 2.05) is 18.2 Å². The predicted molar refractivity (Wildman–Crippen MR) is 71.8 cm³/mol. The van der Waals surface area contributed by atoms with Crippen molar-refractivity contribution in [2.24, 2.45) is 0 Å². The Morgan fingerprint density at radius 3 is 2.24 bits per heavy atom. The van der Waals surface area contributed by atoms with Crippen molar-refractivity contribution in [3.8, 4) is 0 Å². The van der Waals surface area contributed by atoms with Gasteiger partial charge in [0.1, 0.15) is 0 Å². The van der Waals surface area contributed by atoms with Gasteiger partial charge in [0.25, 0.3) is 0 Å². The fourth-order valence-electron chi connectivity index (χ4n) is 1.80. The average molecular weight is 252 g/mol. The zero-order chi connectivity index (χ0) is 12.7. The van der Waals surface area contributed by atoms with E-state index in [4.69, 9.17) is 13.3 Å². The van der Waals surface area contributed by atoms with Gasteiger partial charge in [-0.2, -0.15) is 0 Å². The smallest absolute Gasteiger partial charge is 0.377 e. The van der Waals surface area contributed by atoms with E-state index in [0.29, 0.717) is 0 Å². The van der Waals surface area contributed by atoms with Gasteiger partial charge < -0.3 is 13.3 Å². The minimum Gasteiger partial charge on any atom is -0.377 e. The lowest BCUT2D eigenvalue weighted by Crippen LogP contribution is -2.43. The van der Waals surface area contributed by atoms with Crippen LogP contribution in [0.3, 0.4) is 0 Å². The Kier molecular flexibility index (Phi) is 5.57. The summed E-state index contributed by atoms with van der Waals surface area (Å²) in [4.78, 5) is 0. The lowest BCUT2D eigenvalue weighted by molar-refractivity contribution is 0.123. The number of hydrogen-bond acceptors (Lipinski definition) is 3. The van der Waals surface area contributed by atoms with Crippen LogP contribution in [0.5, 0.6) is 0 Å². The van der Waals surface area contributed by atoms with Crippen LogP contribution in [-0.2, 0) is 19.7 Å². The molecule has 1 aromatic rings. The summed E-state index contributed by atoms with van der Waals surface area (Å²) in [5, 5.41) is 0. The van der Waals surface area contributed by atoms with Crippen molar-refractivity contribution in [2.75, 3.05) is 21.3 Å². The van der Waals surface area contributed by atoms with Crippen LogP contribution in [0.2, 0.25) is 6.04 Å². The second-order valence-electron chi connectivity index (χ2n) is 3.70. The van der Waals surface area contributed by atoms with Gasteiger partial charge in [0, 0.05) is 27.4 Å². The van der Waals surface area contributed by atoms with Crippen LogP contribution < -0.4 is 0 Å². The zero-order valence-corrected chi connectivity index (χ0v) is 11.7. The third kappa shape index (κ3) is 3.51. The van der Waals surface area contributed by atoms with Gasteiger partial charge in [-0.15, -0.1) is 0 Å². The maximum absolute atomic E-state index is 5.40. The highest BCUT2D eigenvalue weighted by Gasteiger charge is 2.37. The maximum atomic E-state index is 5.40. The van der Waals surface area contributed by atoms with Crippen LogP contribution >= 0.6 is 0 Å². The molecule has 4 heteroatoms. The quantitative estimate of drug-likeness (QED) is 0.698. The summed E-state index contributed by atoms with van der Waals surface area (Å²) in [6, 6.07) is 8.95. The Hall–Kier alpha value is -0.943. The van der Waals surface area contributed by atoms with E-state index < -0.39 is 8.80 Å². The van der Waals surface area contributed by atoms with Crippen molar-refractivity contribution < 1.29 is 13.3 Å². The van der Waals surface area contributed by atoms with Gasteiger partial charge in [0.2, 0.25) is 0 Å². The Morgan fingerprint density at radius 2 is 1.71 bits per heavy atom. The van der Waals surface area contributed by atoms with Crippen molar-refractivity contribution in [1.29, 1.82) is 0 Å². The lowest BCUT2D eigenvalue weighted by Gasteiger charge is -2.24. The first-order chi connectivity index (χ1) is 8.21. The van der Waals surface area contributed by atoms with Gasteiger partial charge in [0.15, 0.2) is 0 Å². The molecule has 0 N–H and O–H groups in total. The van der Waals surface area contributed by atoms with Crippen LogP contribution in [0.4, 0.5) is 0 Å². The molecular weight excluding hydrogens is 232 g/mol. The maximum Gasteiger partial charge on any atom is 0.500 e. The number of hydrogen-bond donors (Lipinski definition) is 0. The molecule has 1 rings (SSSR count). The molecule has 0 amide bonds. The Bertz CT molecular complexity index is 353. The van der Waals surface area contributed by atoms with Gasteiger partial charge in [-0.25, -0.2) is 0 Å². The molecular formula is C13H20O3Si. The lowest BCUT2D eigenvalue weighted by atomic mass is 10.1. The van der Waals surface area contributed by atoms with E-state index in [-0.39, 0.29) is 0 Å². The number of aryl methyl sites for hydroxylation is 1. The molecule has 0 saturated carbocycles. The van der Waals surface area contributed by atoms with Gasteiger partial charge in [-0.05, 0) is 17.5 Å². The van der Waals surface area contributed by atoms with E-state index in [1.54, 1.807) is 21.3 Å². The molecule has 0 atom stereocenters. The SMILES string of the molecule is C=Cc1ccccc1CC[Si](OC)(OC)OC. The molecule has 0 spiro atoms. The van der Waals surface area contributed by atoms with Crippen molar-refractivity contribution in [2.45, 2.75) is 12.5 Å². The normalized spacial score (nSPS) is 11.5. The summed E-state index contributed by atoms with van der Waals surface area (Å²) in [5.41, 5.74) is 2.39. The molecule has 0 bridgehead atoms. The van der Waals surface area contributed by atoms with Crippen LogP contribution in [0, 0.1) is 0 Å². The third-order valence-corrected chi connectivity index (χ3v) is 5.64. The molecule has 0 fully saturated rings. The summed E-state index contributed by atoms with van der Waals surface area (Å²) < 4.78 is 16.2. The van der Waals surface area contributed by atoms with Gasteiger partial charge in [-0.3, -0.25) is 0 Å². The molecule has 0 unspecified atom stereocenters. The molecule has 0 aliphatic carbocycles. The topological polar surface area (TPSA) is 27.7 Å². The van der Waals surface area contributed by atoms with E-state index >= 15 is 0 Å². The Morgan fingerprint density at radius 1 is 1.12 bits per heavy atom. The molecule has 0 aliphatic heterocycles. The summed E-state index contributed by atoms with van der Waals surface area (Å²) in [5.74, 6) is 0. The fourth-order valence-corrected chi connectivity index (χ4v) is 3.49. The van der Waals surface area contributed by atoms with Crippen LogP contribution in [-0.4, -0.2) is 30.1 Å². The Balaban J connectivity index is 2.75. The molecule has 0 radical (unpaired) electrons. The molecule has 0 aliphatic rings. The van der Waals surface area contributed by atoms with E-state index in [9.17, 15) is 0 Å². The highest BCUT2D eigenvalue weighted by Crippen LogP contribution is 2.19. The molecule has 94 valence electrons. The first-order valence-corrected chi connectivity index (χ1v) is 7.50. The largest absolute Gasteiger partial charge is 0.500 e. The van der Waals surface area contributed by atoms with Gasteiger partial charge in [0.05, 0.1) is 0 Å². The van der Waals surface area contributed by atoms with E-state index in [0.717, 1.165) is 18.0 Å². The zero-order valence-electron chi connectivity index (χ0n) is 10.7. The highest BCUT2D eigenvalue weighted by molar-refractivity contribution is 6.60. The molecule has 17 heavy (non-hydrogen) atoms. The van der Waals surface area contributed by atoms with Crippen molar-refractivity contribution in [3.05, 3.63) is 42.0 Å². The van der Waals surface area contributed by atoms with Gasteiger partial charge >= 0.3 is 8.80 Å².